The minimum Gasteiger partial charge on any atom is -0.290 e. The van der Waals surface area contributed by atoms with Gasteiger partial charge in [0.1, 0.15) is 0 Å². The van der Waals surface area contributed by atoms with E-state index < -0.39 is 0 Å². The van der Waals surface area contributed by atoms with Crippen LogP contribution in [0.4, 0.5) is 5.69 Å². The number of nitrogens with zero attached hydrogens (tertiary/aromatic N) is 2. The third-order valence-electron chi connectivity index (χ3n) is 3.49. The van der Waals surface area contributed by atoms with Gasteiger partial charge >= 0.3 is 0 Å². The number of thioether (sulfide) groups is 2. The topological polar surface area (TPSA) is 32.7 Å². The van der Waals surface area contributed by atoms with Crippen molar-refractivity contribution in [3.8, 4) is 0 Å². The summed E-state index contributed by atoms with van der Waals surface area (Å²) in [6, 6.07) is 15.4. The van der Waals surface area contributed by atoms with Crippen molar-refractivity contribution in [3.63, 3.8) is 0 Å². The fourth-order valence-electron chi connectivity index (χ4n) is 2.15. The van der Waals surface area contributed by atoms with Crippen LogP contribution in [0.2, 0.25) is 5.02 Å². The van der Waals surface area contributed by atoms with Gasteiger partial charge in [-0.3, -0.25) is 9.69 Å². The first kappa shape index (κ1) is 17.1. The maximum Gasteiger partial charge on any atom is 0.266 e. The minimum atomic E-state index is -0.0558. The first-order valence-electron chi connectivity index (χ1n) is 7.23. The second-order valence-corrected chi connectivity index (χ2v) is 7.39. The highest BCUT2D eigenvalue weighted by molar-refractivity contribution is 8.18. The Hall–Kier alpha value is -1.69. The van der Waals surface area contributed by atoms with Crippen molar-refractivity contribution >= 4 is 58.0 Å². The second-order valence-electron chi connectivity index (χ2n) is 5.09. The first-order valence-corrected chi connectivity index (χ1v) is 9.65. The Bertz CT molecular complexity index is 831. The molecule has 0 saturated carbocycles. The third kappa shape index (κ3) is 3.69. The number of aliphatic imine (C=N–C) groups is 1. The molecule has 122 valence electrons. The molecule has 1 fully saturated rings. The standard InChI is InChI=1S/C18H15ClN2OS2/c1-21-17(22)16(11-12-7-9-13(23-2)10-8-12)24-18(21)20-15-6-4-3-5-14(15)19/h3-11H,1-2H3/b16-11+,20-18?. The van der Waals surface area contributed by atoms with Crippen LogP contribution in [0.1, 0.15) is 5.56 Å². The molecule has 1 heterocycles. The molecule has 0 aromatic heterocycles. The van der Waals surface area contributed by atoms with Crippen molar-refractivity contribution in [2.24, 2.45) is 4.99 Å². The predicted octanol–water partition coefficient (Wildman–Crippen LogP) is 5.30. The van der Waals surface area contributed by atoms with Gasteiger partial charge < -0.3 is 0 Å². The Labute approximate surface area is 154 Å². The Morgan fingerprint density at radius 2 is 1.88 bits per heavy atom. The van der Waals surface area contributed by atoms with Crippen molar-refractivity contribution in [2.45, 2.75) is 4.90 Å². The molecule has 1 aliphatic rings. The SMILES string of the molecule is CSc1ccc(/C=C2/SC(=Nc3ccccc3Cl)N(C)C2=O)cc1. The van der Waals surface area contributed by atoms with Crippen molar-refractivity contribution < 1.29 is 4.79 Å². The maximum absolute atomic E-state index is 12.4. The largest absolute Gasteiger partial charge is 0.290 e. The molecule has 24 heavy (non-hydrogen) atoms. The summed E-state index contributed by atoms with van der Waals surface area (Å²) < 4.78 is 0. The highest BCUT2D eigenvalue weighted by atomic mass is 35.5. The molecular formula is C18H15ClN2OS2. The monoisotopic (exact) mass is 374 g/mol. The zero-order valence-electron chi connectivity index (χ0n) is 13.2. The van der Waals surface area contributed by atoms with E-state index >= 15 is 0 Å². The van der Waals surface area contributed by atoms with Crippen LogP contribution in [0.25, 0.3) is 6.08 Å². The van der Waals surface area contributed by atoms with Crippen LogP contribution < -0.4 is 0 Å². The van der Waals surface area contributed by atoms with E-state index in [0.717, 1.165) is 5.56 Å². The number of para-hydroxylation sites is 1. The lowest BCUT2D eigenvalue weighted by Crippen LogP contribution is -2.23. The number of amides is 1. The van der Waals surface area contributed by atoms with Crippen LogP contribution >= 0.6 is 35.1 Å². The number of rotatable bonds is 3. The Kier molecular flexibility index (Phi) is 5.33. The molecule has 2 aromatic rings. The highest BCUT2D eigenvalue weighted by Gasteiger charge is 2.30. The van der Waals surface area contributed by atoms with Crippen molar-refractivity contribution in [2.75, 3.05) is 13.3 Å². The number of carbonyl (C=O) groups is 1. The maximum atomic E-state index is 12.4. The van der Waals surface area contributed by atoms with E-state index in [1.807, 2.05) is 54.8 Å². The third-order valence-corrected chi connectivity index (χ3v) is 5.61. The fourth-order valence-corrected chi connectivity index (χ4v) is 3.71. The second kappa shape index (κ2) is 7.47. The van der Waals surface area contributed by atoms with Gasteiger partial charge in [0.15, 0.2) is 5.17 Å². The number of hydrogen-bond acceptors (Lipinski definition) is 4. The van der Waals surface area contributed by atoms with Gasteiger partial charge in [-0.1, -0.05) is 35.9 Å². The van der Waals surface area contributed by atoms with E-state index in [4.69, 9.17) is 11.6 Å². The van der Waals surface area contributed by atoms with Gasteiger partial charge in [0.05, 0.1) is 15.6 Å². The molecule has 0 spiro atoms. The van der Waals surface area contributed by atoms with Crippen LogP contribution in [0, 0.1) is 0 Å². The number of hydrogen-bond donors (Lipinski definition) is 0. The van der Waals surface area contributed by atoms with Gasteiger partial charge in [-0.25, -0.2) is 4.99 Å². The summed E-state index contributed by atoms with van der Waals surface area (Å²) >= 11 is 9.20. The van der Waals surface area contributed by atoms with Crippen LogP contribution in [-0.4, -0.2) is 29.3 Å². The predicted molar refractivity (Wildman–Crippen MR) is 105 cm³/mol. The molecule has 0 aliphatic carbocycles. The summed E-state index contributed by atoms with van der Waals surface area (Å²) in [5.41, 5.74) is 1.66. The molecule has 0 bridgehead atoms. The molecule has 2 aromatic carbocycles. The van der Waals surface area contributed by atoms with Crippen molar-refractivity contribution in [3.05, 3.63) is 64.0 Å². The lowest BCUT2D eigenvalue weighted by atomic mass is 10.2. The van der Waals surface area contributed by atoms with Crippen LogP contribution in [-0.2, 0) is 4.79 Å². The van der Waals surface area contributed by atoms with E-state index in [9.17, 15) is 4.79 Å². The first-order chi connectivity index (χ1) is 11.6. The lowest BCUT2D eigenvalue weighted by Gasteiger charge is -2.07. The van der Waals surface area contributed by atoms with Crippen LogP contribution in [0.15, 0.2) is 63.3 Å². The van der Waals surface area contributed by atoms with Gasteiger partial charge in [-0.2, -0.15) is 0 Å². The average Bonchev–Trinajstić information content (AvgIpc) is 2.86. The van der Waals surface area contributed by atoms with E-state index in [1.54, 1.807) is 29.8 Å². The molecule has 1 amide bonds. The summed E-state index contributed by atoms with van der Waals surface area (Å²) in [5.74, 6) is -0.0558. The summed E-state index contributed by atoms with van der Waals surface area (Å²) in [7, 11) is 1.72. The molecule has 1 aliphatic heterocycles. The van der Waals surface area contributed by atoms with Gasteiger partial charge in [0, 0.05) is 11.9 Å². The average molecular weight is 375 g/mol. The molecule has 0 atom stereocenters. The highest BCUT2D eigenvalue weighted by Crippen LogP contribution is 2.34. The molecule has 1 saturated heterocycles. The van der Waals surface area contributed by atoms with E-state index in [-0.39, 0.29) is 5.91 Å². The van der Waals surface area contributed by atoms with E-state index in [2.05, 4.69) is 4.99 Å². The number of halogens is 1. The molecule has 0 radical (unpaired) electrons. The van der Waals surface area contributed by atoms with Gasteiger partial charge in [-0.15, -0.1) is 11.8 Å². The van der Waals surface area contributed by atoms with Crippen molar-refractivity contribution in [1.82, 2.24) is 4.90 Å². The van der Waals surface area contributed by atoms with Crippen LogP contribution in [0.5, 0.6) is 0 Å². The number of carbonyl (C=O) groups excluding carboxylic acids is 1. The number of benzene rings is 2. The number of amidine groups is 1. The van der Waals surface area contributed by atoms with E-state index in [1.165, 1.54) is 16.7 Å². The molecule has 0 N–H and O–H groups in total. The molecule has 0 unspecified atom stereocenters. The Morgan fingerprint density at radius 1 is 1.17 bits per heavy atom. The zero-order valence-corrected chi connectivity index (χ0v) is 15.6. The van der Waals surface area contributed by atoms with Crippen molar-refractivity contribution in [1.29, 1.82) is 0 Å². The lowest BCUT2D eigenvalue weighted by molar-refractivity contribution is -0.121. The van der Waals surface area contributed by atoms with Crippen LogP contribution in [0.3, 0.4) is 0 Å². The molecule has 6 heteroatoms. The summed E-state index contributed by atoms with van der Waals surface area (Å²) in [4.78, 5) is 20.4. The summed E-state index contributed by atoms with van der Waals surface area (Å²) in [6.07, 6.45) is 3.93. The summed E-state index contributed by atoms with van der Waals surface area (Å²) in [5, 5.41) is 1.19. The van der Waals surface area contributed by atoms with E-state index in [0.29, 0.717) is 20.8 Å². The smallest absolute Gasteiger partial charge is 0.266 e. The minimum absolute atomic E-state index is 0.0558. The Morgan fingerprint density at radius 3 is 2.54 bits per heavy atom. The normalized spacial score (nSPS) is 18.0. The molecule has 3 rings (SSSR count). The summed E-state index contributed by atoms with van der Waals surface area (Å²) in [6.45, 7) is 0. The fraction of sp³-hybridized carbons (Fsp3) is 0.111. The van der Waals surface area contributed by atoms with Gasteiger partial charge in [-0.05, 0) is 53.9 Å². The quantitative estimate of drug-likeness (QED) is 0.540. The van der Waals surface area contributed by atoms with Gasteiger partial charge in [0.25, 0.3) is 5.91 Å². The molecular weight excluding hydrogens is 360 g/mol. The number of likely N-dealkylation sites (N-methyl/N-ethyl adjacent to an activating group) is 1. The Balaban J connectivity index is 1.88. The zero-order chi connectivity index (χ0) is 17.1. The van der Waals surface area contributed by atoms with Gasteiger partial charge in [0.2, 0.25) is 0 Å². The molecule has 3 nitrogen and oxygen atoms in total.